The summed E-state index contributed by atoms with van der Waals surface area (Å²) in [5, 5.41) is 7.59. The Kier molecular flexibility index (Phi) is 1.90. The summed E-state index contributed by atoms with van der Waals surface area (Å²) in [6.45, 7) is 0. The van der Waals surface area contributed by atoms with Gasteiger partial charge in [0.05, 0.1) is 23.7 Å². The lowest BCUT2D eigenvalue weighted by molar-refractivity contribution is 0.508. The first-order valence-electron chi connectivity index (χ1n) is 5.68. The Hall–Kier alpha value is -2.08. The summed E-state index contributed by atoms with van der Waals surface area (Å²) >= 11 is 1.68. The summed E-state index contributed by atoms with van der Waals surface area (Å²) in [6.07, 6.45) is 5.37. The molecule has 0 unspecified atom stereocenters. The number of anilines is 1. The van der Waals surface area contributed by atoms with E-state index in [1.54, 1.807) is 23.8 Å². The maximum absolute atomic E-state index is 5.84. The van der Waals surface area contributed by atoms with Gasteiger partial charge in [-0.2, -0.15) is 5.10 Å². The van der Waals surface area contributed by atoms with Crippen LogP contribution in [-0.4, -0.2) is 15.2 Å². The van der Waals surface area contributed by atoms with E-state index in [0.29, 0.717) is 5.82 Å². The second kappa shape index (κ2) is 3.46. The zero-order chi connectivity index (χ0) is 12.1. The molecule has 0 atom stereocenters. The topological polar surface area (TPSA) is 80.7 Å². The molecule has 4 rings (SSSR count). The fourth-order valence-corrected chi connectivity index (χ4v) is 3.38. The number of H-pyrrole nitrogens is 1. The third-order valence-electron chi connectivity index (χ3n) is 3.18. The van der Waals surface area contributed by atoms with Crippen LogP contribution in [0.2, 0.25) is 0 Å². The van der Waals surface area contributed by atoms with Crippen molar-refractivity contribution in [1.82, 2.24) is 15.2 Å². The highest BCUT2D eigenvalue weighted by molar-refractivity contribution is 7.15. The van der Waals surface area contributed by atoms with Gasteiger partial charge < -0.3 is 10.2 Å². The minimum atomic E-state index is 0.563. The molecule has 1 aliphatic rings. The van der Waals surface area contributed by atoms with Gasteiger partial charge in [0, 0.05) is 16.9 Å². The maximum atomic E-state index is 5.84. The second-order valence-electron chi connectivity index (χ2n) is 4.25. The summed E-state index contributed by atoms with van der Waals surface area (Å²) in [5.41, 5.74) is 8.85. The Morgan fingerprint density at radius 3 is 3.11 bits per heavy atom. The van der Waals surface area contributed by atoms with Crippen LogP contribution in [0.15, 0.2) is 22.9 Å². The first-order valence-corrected chi connectivity index (χ1v) is 6.50. The molecule has 3 N–H and O–H groups in total. The van der Waals surface area contributed by atoms with Gasteiger partial charge in [0.2, 0.25) is 0 Å². The zero-order valence-corrected chi connectivity index (χ0v) is 10.3. The number of hydrogen-bond acceptors (Lipinski definition) is 5. The van der Waals surface area contributed by atoms with Gasteiger partial charge >= 0.3 is 0 Å². The molecule has 0 amide bonds. The number of nitrogens with two attached hydrogens (primary N) is 1. The molecule has 0 saturated carbocycles. The molecule has 0 aliphatic heterocycles. The van der Waals surface area contributed by atoms with Crippen molar-refractivity contribution < 1.29 is 4.42 Å². The molecular weight excluding hydrogens is 248 g/mol. The second-order valence-corrected chi connectivity index (χ2v) is 5.33. The number of aromatic amines is 1. The van der Waals surface area contributed by atoms with E-state index >= 15 is 0 Å². The van der Waals surface area contributed by atoms with Gasteiger partial charge in [0.1, 0.15) is 16.6 Å². The molecule has 3 heterocycles. The summed E-state index contributed by atoms with van der Waals surface area (Å²) in [7, 11) is 0. The summed E-state index contributed by atoms with van der Waals surface area (Å²) in [6, 6.07) is 1.98. The molecule has 18 heavy (non-hydrogen) atoms. The molecule has 0 radical (unpaired) electrons. The Labute approximate surface area is 107 Å². The number of rotatable bonds is 1. The number of aromatic nitrogens is 3. The van der Waals surface area contributed by atoms with E-state index in [1.165, 1.54) is 4.88 Å². The predicted octanol–water partition coefficient (Wildman–Crippen LogP) is 2.47. The molecule has 6 heteroatoms. The quantitative estimate of drug-likeness (QED) is 0.702. The normalized spacial score (nSPS) is 13.3. The third kappa shape index (κ3) is 1.26. The standard InChI is InChI=1S/C12H10N4OS/c13-11-7(5-14-16-11)12-15-10-6-3-4-17-8(6)1-2-9(10)18-12/h3-5H,1-2H2,(H3,13,14,16). The molecule has 5 nitrogen and oxygen atoms in total. The van der Waals surface area contributed by atoms with Crippen LogP contribution in [0.25, 0.3) is 21.8 Å². The van der Waals surface area contributed by atoms with Crippen LogP contribution < -0.4 is 5.73 Å². The number of nitrogen functional groups attached to an aromatic ring is 1. The van der Waals surface area contributed by atoms with E-state index < -0.39 is 0 Å². The highest BCUT2D eigenvalue weighted by Gasteiger charge is 2.24. The van der Waals surface area contributed by atoms with Crippen molar-refractivity contribution in [3.05, 3.63) is 29.2 Å². The van der Waals surface area contributed by atoms with E-state index in [9.17, 15) is 0 Å². The van der Waals surface area contributed by atoms with E-state index in [4.69, 9.17) is 10.2 Å². The Bertz CT molecular complexity index is 724. The van der Waals surface area contributed by atoms with Crippen LogP contribution in [-0.2, 0) is 12.8 Å². The van der Waals surface area contributed by atoms with Gasteiger partial charge in [-0.3, -0.25) is 5.10 Å². The molecule has 0 fully saturated rings. The number of hydrogen-bond donors (Lipinski definition) is 2. The fourth-order valence-electron chi connectivity index (χ4n) is 2.29. The zero-order valence-electron chi connectivity index (χ0n) is 9.43. The van der Waals surface area contributed by atoms with E-state index in [2.05, 4.69) is 15.2 Å². The smallest absolute Gasteiger partial charge is 0.129 e. The average Bonchev–Trinajstić information content (AvgIpc) is 3.04. The van der Waals surface area contributed by atoms with E-state index in [-0.39, 0.29) is 0 Å². The number of furan rings is 1. The number of fused-ring (bicyclic) bond motifs is 3. The number of nitrogens with zero attached hydrogens (tertiary/aromatic N) is 2. The van der Waals surface area contributed by atoms with Crippen molar-refractivity contribution >= 4 is 17.2 Å². The number of thiazole rings is 1. The summed E-state index contributed by atoms with van der Waals surface area (Å²) < 4.78 is 5.46. The lowest BCUT2D eigenvalue weighted by Crippen LogP contribution is -1.98. The van der Waals surface area contributed by atoms with Crippen molar-refractivity contribution in [1.29, 1.82) is 0 Å². The van der Waals surface area contributed by atoms with Crippen LogP contribution in [0.3, 0.4) is 0 Å². The minimum absolute atomic E-state index is 0.563. The van der Waals surface area contributed by atoms with Crippen LogP contribution in [0.1, 0.15) is 10.6 Å². The first-order chi connectivity index (χ1) is 8.83. The van der Waals surface area contributed by atoms with Gasteiger partial charge in [-0.15, -0.1) is 11.3 Å². The number of nitrogens with one attached hydrogen (secondary N) is 1. The number of aryl methyl sites for hydroxylation is 2. The van der Waals surface area contributed by atoms with Crippen LogP contribution in [0.5, 0.6) is 0 Å². The van der Waals surface area contributed by atoms with Gasteiger partial charge in [0.25, 0.3) is 0 Å². The summed E-state index contributed by atoms with van der Waals surface area (Å²) in [4.78, 5) is 5.98. The Morgan fingerprint density at radius 2 is 2.28 bits per heavy atom. The predicted molar refractivity (Wildman–Crippen MR) is 69.2 cm³/mol. The Balaban J connectivity index is 1.90. The largest absolute Gasteiger partial charge is 0.469 e. The molecule has 90 valence electrons. The first kappa shape index (κ1) is 9.90. The minimum Gasteiger partial charge on any atom is -0.469 e. The lowest BCUT2D eigenvalue weighted by Gasteiger charge is -2.07. The van der Waals surface area contributed by atoms with Gasteiger partial charge in [-0.25, -0.2) is 4.98 Å². The van der Waals surface area contributed by atoms with Crippen molar-refractivity contribution in [2.24, 2.45) is 0 Å². The molecular formula is C12H10N4OS. The lowest BCUT2D eigenvalue weighted by atomic mass is 10.0. The molecule has 3 aromatic heterocycles. The average molecular weight is 258 g/mol. The van der Waals surface area contributed by atoms with Crippen molar-refractivity contribution in [2.45, 2.75) is 12.8 Å². The van der Waals surface area contributed by atoms with Crippen LogP contribution in [0.4, 0.5) is 5.82 Å². The highest BCUT2D eigenvalue weighted by atomic mass is 32.1. The van der Waals surface area contributed by atoms with E-state index in [1.807, 2.05) is 6.07 Å². The van der Waals surface area contributed by atoms with Crippen molar-refractivity contribution in [3.63, 3.8) is 0 Å². The molecule has 0 spiro atoms. The van der Waals surface area contributed by atoms with Crippen molar-refractivity contribution in [3.8, 4) is 21.8 Å². The van der Waals surface area contributed by atoms with Crippen LogP contribution >= 0.6 is 11.3 Å². The SMILES string of the molecule is Nc1[nH]ncc1-c1nc2c(s1)CCc1occc1-2. The van der Waals surface area contributed by atoms with E-state index in [0.717, 1.165) is 40.4 Å². The molecule has 3 aromatic rings. The molecule has 0 bridgehead atoms. The highest BCUT2D eigenvalue weighted by Crippen LogP contribution is 2.40. The van der Waals surface area contributed by atoms with Gasteiger partial charge in [0.15, 0.2) is 0 Å². The third-order valence-corrected chi connectivity index (χ3v) is 4.32. The molecule has 0 saturated heterocycles. The fraction of sp³-hybridized carbons (Fsp3) is 0.167. The maximum Gasteiger partial charge on any atom is 0.129 e. The van der Waals surface area contributed by atoms with Crippen LogP contribution in [0, 0.1) is 0 Å². The van der Waals surface area contributed by atoms with Crippen molar-refractivity contribution in [2.75, 3.05) is 5.73 Å². The monoisotopic (exact) mass is 258 g/mol. The van der Waals surface area contributed by atoms with Gasteiger partial charge in [-0.05, 0) is 12.5 Å². The summed E-state index contributed by atoms with van der Waals surface area (Å²) in [5.74, 6) is 1.59. The molecule has 0 aromatic carbocycles. The van der Waals surface area contributed by atoms with Gasteiger partial charge in [-0.1, -0.05) is 0 Å². The molecule has 1 aliphatic carbocycles. The Morgan fingerprint density at radius 1 is 1.33 bits per heavy atom.